The first-order valence-electron chi connectivity index (χ1n) is 9.61. The van der Waals surface area contributed by atoms with Crippen LogP contribution >= 0.6 is 11.6 Å². The van der Waals surface area contributed by atoms with Gasteiger partial charge in [-0.3, -0.25) is 9.59 Å². The maximum absolute atomic E-state index is 12.6. The van der Waals surface area contributed by atoms with Gasteiger partial charge in [-0.2, -0.15) is 0 Å². The Morgan fingerprint density at radius 3 is 2.54 bits per heavy atom. The number of aromatic hydroxyl groups is 1. The smallest absolute Gasteiger partial charge is 0.227 e. The molecule has 0 aromatic heterocycles. The molecular weight excluding hydrogens is 352 g/mol. The van der Waals surface area contributed by atoms with Crippen LogP contribution in [-0.4, -0.2) is 34.9 Å². The molecule has 0 spiro atoms. The standard InChI is InChI=1S/C20H25ClN2O3/c21-14-4-5-18(24)17(10-14)22-19(25)13-6-8-23(9-7-13)20(26)16-11-15(16)12-2-1-3-12/h4-5,10,12-13,15-16,24H,1-3,6-9,11H2,(H,22,25)/t15-,16+/m1/s1. The number of anilines is 1. The van der Waals surface area contributed by atoms with Crippen molar-refractivity contribution in [2.45, 2.75) is 38.5 Å². The number of piperidine rings is 1. The van der Waals surface area contributed by atoms with Crippen molar-refractivity contribution in [1.29, 1.82) is 0 Å². The van der Waals surface area contributed by atoms with Crippen molar-refractivity contribution in [3.63, 3.8) is 0 Å². The summed E-state index contributed by atoms with van der Waals surface area (Å²) in [5.74, 6) is 1.71. The van der Waals surface area contributed by atoms with Gasteiger partial charge in [0.15, 0.2) is 0 Å². The predicted molar refractivity (Wildman–Crippen MR) is 100.0 cm³/mol. The number of rotatable bonds is 4. The number of halogens is 1. The number of nitrogens with one attached hydrogen (secondary N) is 1. The van der Waals surface area contributed by atoms with E-state index in [2.05, 4.69) is 5.32 Å². The van der Waals surface area contributed by atoms with Gasteiger partial charge in [0.2, 0.25) is 11.8 Å². The van der Waals surface area contributed by atoms with E-state index >= 15 is 0 Å². The summed E-state index contributed by atoms with van der Waals surface area (Å²) in [4.78, 5) is 27.1. The molecular formula is C20H25ClN2O3. The zero-order chi connectivity index (χ0) is 18.3. The number of carbonyl (C=O) groups is 2. The summed E-state index contributed by atoms with van der Waals surface area (Å²) in [6.45, 7) is 1.29. The molecule has 5 nitrogen and oxygen atoms in total. The third kappa shape index (κ3) is 3.54. The van der Waals surface area contributed by atoms with Crippen LogP contribution in [0.4, 0.5) is 5.69 Å². The van der Waals surface area contributed by atoms with Crippen LogP contribution in [0.5, 0.6) is 5.75 Å². The van der Waals surface area contributed by atoms with Crippen LogP contribution in [0.25, 0.3) is 0 Å². The topological polar surface area (TPSA) is 69.6 Å². The third-order valence-electron chi connectivity index (χ3n) is 6.31. The molecule has 3 fully saturated rings. The Kier molecular flexibility index (Phi) is 4.82. The van der Waals surface area contributed by atoms with Crippen molar-refractivity contribution in [3.05, 3.63) is 23.2 Å². The first kappa shape index (κ1) is 17.7. The van der Waals surface area contributed by atoms with Crippen molar-refractivity contribution in [3.8, 4) is 5.75 Å². The molecule has 26 heavy (non-hydrogen) atoms. The SMILES string of the molecule is O=C(Nc1cc(Cl)ccc1O)C1CCN(C(=O)[C@H]2C[C@@H]2C2CCC2)CC1. The molecule has 1 aromatic carbocycles. The minimum atomic E-state index is -0.140. The quantitative estimate of drug-likeness (QED) is 0.788. The second kappa shape index (κ2) is 7.10. The summed E-state index contributed by atoms with van der Waals surface area (Å²) in [7, 11) is 0. The number of benzene rings is 1. The van der Waals surface area contributed by atoms with Crippen molar-refractivity contribution in [1.82, 2.24) is 4.90 Å². The third-order valence-corrected chi connectivity index (χ3v) is 6.54. The van der Waals surface area contributed by atoms with Gasteiger partial charge in [-0.15, -0.1) is 0 Å². The van der Waals surface area contributed by atoms with Gasteiger partial charge in [0.1, 0.15) is 5.75 Å². The van der Waals surface area contributed by atoms with Crippen molar-refractivity contribution in [2.75, 3.05) is 18.4 Å². The highest BCUT2D eigenvalue weighted by Gasteiger charge is 2.50. The molecule has 1 aliphatic heterocycles. The maximum Gasteiger partial charge on any atom is 0.227 e. The monoisotopic (exact) mass is 376 g/mol. The molecule has 0 bridgehead atoms. The Hall–Kier alpha value is -1.75. The Balaban J connectivity index is 1.27. The molecule has 2 amide bonds. The number of hydrogen-bond acceptors (Lipinski definition) is 3. The van der Waals surface area contributed by atoms with Crippen molar-refractivity contribution in [2.24, 2.45) is 23.7 Å². The molecule has 1 heterocycles. The minimum Gasteiger partial charge on any atom is -0.506 e. The van der Waals surface area contributed by atoms with Gasteiger partial charge in [-0.1, -0.05) is 30.9 Å². The molecule has 2 aliphatic carbocycles. The first-order chi connectivity index (χ1) is 12.5. The van der Waals surface area contributed by atoms with E-state index in [1.165, 1.54) is 25.3 Å². The summed E-state index contributed by atoms with van der Waals surface area (Å²) in [5, 5.41) is 13.1. The van der Waals surface area contributed by atoms with Crippen LogP contribution in [0.2, 0.25) is 5.02 Å². The lowest BCUT2D eigenvalue weighted by atomic mass is 9.81. The van der Waals surface area contributed by atoms with Crippen LogP contribution in [0.3, 0.4) is 0 Å². The number of amides is 2. The predicted octanol–water partition coefficient (Wildman–Crippen LogP) is 3.66. The lowest BCUT2D eigenvalue weighted by molar-refractivity contribution is -0.136. The molecule has 2 N–H and O–H groups in total. The van der Waals surface area contributed by atoms with Gasteiger partial charge < -0.3 is 15.3 Å². The lowest BCUT2D eigenvalue weighted by Crippen LogP contribution is -2.42. The van der Waals surface area contributed by atoms with E-state index < -0.39 is 0 Å². The van der Waals surface area contributed by atoms with Crippen LogP contribution in [0, 0.1) is 23.7 Å². The lowest BCUT2D eigenvalue weighted by Gasteiger charge is -2.32. The average Bonchev–Trinajstić information content (AvgIpc) is 3.36. The summed E-state index contributed by atoms with van der Waals surface area (Å²) >= 11 is 5.92. The molecule has 6 heteroatoms. The van der Waals surface area contributed by atoms with Gasteiger partial charge in [-0.25, -0.2) is 0 Å². The number of phenolic OH excluding ortho intramolecular Hbond substituents is 1. The van der Waals surface area contributed by atoms with Gasteiger partial charge >= 0.3 is 0 Å². The number of hydrogen-bond donors (Lipinski definition) is 2. The van der Waals surface area contributed by atoms with E-state index in [0.29, 0.717) is 48.5 Å². The fraction of sp³-hybridized carbons (Fsp3) is 0.600. The highest BCUT2D eigenvalue weighted by Crippen LogP contribution is 2.52. The van der Waals surface area contributed by atoms with Crippen molar-refractivity contribution >= 4 is 29.1 Å². The second-order valence-corrected chi connectivity index (χ2v) is 8.38. The van der Waals surface area contributed by atoms with Crippen LogP contribution < -0.4 is 5.32 Å². The van der Waals surface area contributed by atoms with Gasteiger partial charge in [0.25, 0.3) is 0 Å². The highest BCUT2D eigenvalue weighted by atomic mass is 35.5. The summed E-state index contributed by atoms with van der Waals surface area (Å²) in [5.41, 5.74) is 0.335. The van der Waals surface area contributed by atoms with E-state index in [9.17, 15) is 14.7 Å². The van der Waals surface area contributed by atoms with Gasteiger partial charge in [-0.05, 0) is 49.3 Å². The van der Waals surface area contributed by atoms with Crippen LogP contribution in [0.1, 0.15) is 38.5 Å². The summed E-state index contributed by atoms with van der Waals surface area (Å²) < 4.78 is 0. The molecule has 0 radical (unpaired) electrons. The van der Waals surface area contributed by atoms with E-state index in [1.54, 1.807) is 12.1 Å². The Morgan fingerprint density at radius 2 is 1.88 bits per heavy atom. The molecule has 2 saturated carbocycles. The van der Waals surface area contributed by atoms with E-state index in [1.807, 2.05) is 4.90 Å². The normalized spacial score (nSPS) is 26.3. The maximum atomic E-state index is 12.6. The highest BCUT2D eigenvalue weighted by molar-refractivity contribution is 6.31. The molecule has 1 saturated heterocycles. The first-order valence-corrected chi connectivity index (χ1v) is 9.99. The second-order valence-electron chi connectivity index (χ2n) is 7.95. The fourth-order valence-electron chi connectivity index (χ4n) is 4.33. The Morgan fingerprint density at radius 1 is 1.15 bits per heavy atom. The zero-order valence-electron chi connectivity index (χ0n) is 14.8. The summed E-state index contributed by atoms with van der Waals surface area (Å²) in [6.07, 6.45) is 6.32. The van der Waals surface area contributed by atoms with Gasteiger partial charge in [0.05, 0.1) is 5.69 Å². The molecule has 0 unspecified atom stereocenters. The van der Waals surface area contributed by atoms with E-state index in [4.69, 9.17) is 11.6 Å². The van der Waals surface area contributed by atoms with Crippen molar-refractivity contribution < 1.29 is 14.7 Å². The summed E-state index contributed by atoms with van der Waals surface area (Å²) in [6, 6.07) is 4.58. The Labute approximate surface area is 158 Å². The molecule has 140 valence electrons. The minimum absolute atomic E-state index is 0.00568. The van der Waals surface area contributed by atoms with Gasteiger partial charge in [0, 0.05) is 29.9 Å². The van der Waals surface area contributed by atoms with Crippen LogP contribution in [-0.2, 0) is 9.59 Å². The van der Waals surface area contributed by atoms with Crippen LogP contribution in [0.15, 0.2) is 18.2 Å². The van der Waals surface area contributed by atoms with E-state index in [-0.39, 0.29) is 23.5 Å². The number of likely N-dealkylation sites (tertiary alicyclic amines) is 1. The number of carbonyl (C=O) groups excluding carboxylic acids is 2. The van der Waals surface area contributed by atoms with E-state index in [0.717, 1.165) is 12.3 Å². The average molecular weight is 377 g/mol. The zero-order valence-corrected chi connectivity index (χ0v) is 15.5. The number of phenols is 1. The Bertz CT molecular complexity index is 711. The molecule has 3 aliphatic rings. The number of nitrogens with zero attached hydrogens (tertiary/aromatic N) is 1. The molecule has 4 rings (SSSR count). The largest absolute Gasteiger partial charge is 0.506 e. The molecule has 2 atom stereocenters. The fourth-order valence-corrected chi connectivity index (χ4v) is 4.50. The molecule has 1 aromatic rings.